The van der Waals surface area contributed by atoms with Crippen molar-refractivity contribution in [1.29, 1.82) is 0 Å². The molecule has 82 valence electrons. The molecule has 0 amide bonds. The van der Waals surface area contributed by atoms with Gasteiger partial charge in [0.2, 0.25) is 0 Å². The van der Waals surface area contributed by atoms with Crippen molar-refractivity contribution in [1.82, 2.24) is 0 Å². The van der Waals surface area contributed by atoms with E-state index in [2.05, 4.69) is 4.74 Å². The van der Waals surface area contributed by atoms with Crippen molar-refractivity contribution in [2.24, 2.45) is 0 Å². The number of esters is 1. The number of methoxy groups -OCH3 is 1. The van der Waals surface area contributed by atoms with Gasteiger partial charge in [-0.05, 0) is 12.1 Å². The van der Waals surface area contributed by atoms with Gasteiger partial charge < -0.3 is 14.8 Å². The van der Waals surface area contributed by atoms with Gasteiger partial charge in [0.1, 0.15) is 0 Å². The minimum atomic E-state index is -1.64. The molecule has 7 heteroatoms. The van der Waals surface area contributed by atoms with E-state index in [1.807, 2.05) is 0 Å². The molecule has 1 rings (SSSR count). The van der Waals surface area contributed by atoms with Crippen molar-refractivity contribution in [3.63, 3.8) is 0 Å². The second-order valence-electron chi connectivity index (χ2n) is 2.60. The van der Waals surface area contributed by atoms with E-state index in [-0.39, 0.29) is 53.8 Å². The predicted octanol–water partition coefficient (Wildman–Crippen LogP) is -0.194. The Morgan fingerprint density at radius 1 is 1.47 bits per heavy atom. The summed E-state index contributed by atoms with van der Waals surface area (Å²) in [6, 6.07) is 4.09. The zero-order valence-electron chi connectivity index (χ0n) is 7.75. The maximum atomic E-state index is 11.0. The largest absolute Gasteiger partial charge is 0.489 e. The maximum absolute atomic E-state index is 11.0. The first kappa shape index (κ1) is 15.2. The first-order chi connectivity index (χ1) is 6.56. The fourth-order valence-electron chi connectivity index (χ4n) is 0.981. The van der Waals surface area contributed by atoms with E-state index >= 15 is 0 Å². The van der Waals surface area contributed by atoms with Crippen LogP contribution in [-0.2, 0) is 4.74 Å². The fraction of sp³-hybridized carbons (Fsp3) is 0.125. The summed E-state index contributed by atoms with van der Waals surface area (Å²) >= 11 is 5.70. The summed E-state index contributed by atoms with van der Waals surface area (Å²) in [6.45, 7) is 0. The van der Waals surface area contributed by atoms with Crippen molar-refractivity contribution >= 4 is 30.2 Å². The number of halogens is 1. The van der Waals surface area contributed by atoms with Crippen molar-refractivity contribution in [2.75, 3.05) is 7.11 Å². The molecule has 0 aliphatic heterocycles. The minimum Gasteiger partial charge on any atom is -0.465 e. The van der Waals surface area contributed by atoms with Gasteiger partial charge in [-0.25, -0.2) is 4.79 Å². The molecule has 1 aromatic carbocycles. The van der Waals surface area contributed by atoms with Crippen LogP contribution in [0.1, 0.15) is 10.4 Å². The first-order valence-corrected chi connectivity index (χ1v) is 4.18. The summed E-state index contributed by atoms with van der Waals surface area (Å²) in [5.74, 6) is -0.522. The molecule has 0 aromatic heterocycles. The van der Waals surface area contributed by atoms with Crippen LogP contribution in [0.5, 0.6) is 0 Å². The number of carbonyl (C=O) groups excluding carboxylic acids is 1. The molecule has 0 unspecified atom stereocenters. The third-order valence-corrected chi connectivity index (χ3v) is 2.03. The summed E-state index contributed by atoms with van der Waals surface area (Å²) in [7, 11) is -0.389. The summed E-state index contributed by atoms with van der Waals surface area (Å²) in [5, 5.41) is 17.8. The average molecular weight is 254 g/mol. The second kappa shape index (κ2) is 6.73. The van der Waals surface area contributed by atoms with Crippen LogP contribution >= 0.6 is 11.6 Å². The Labute approximate surface area is 122 Å². The number of hydrogen-bond acceptors (Lipinski definition) is 4. The van der Waals surface area contributed by atoms with Crippen LogP contribution in [0.4, 0.5) is 0 Å². The van der Waals surface area contributed by atoms with Gasteiger partial charge in [-0.2, -0.15) is 0 Å². The number of carbonyl (C=O) groups is 1. The molecule has 0 saturated heterocycles. The molecule has 0 bridgehead atoms. The molecular formula is C8H8ArBClO4. The molecule has 4 nitrogen and oxygen atoms in total. The Morgan fingerprint density at radius 3 is 2.47 bits per heavy atom. The van der Waals surface area contributed by atoms with Gasteiger partial charge >= 0.3 is 13.1 Å². The van der Waals surface area contributed by atoms with Crippen LogP contribution < -0.4 is 5.46 Å². The summed E-state index contributed by atoms with van der Waals surface area (Å²) in [5.41, 5.74) is 0.418. The average Bonchev–Trinajstić information content (AvgIpc) is 2.15. The van der Waals surface area contributed by atoms with Crippen LogP contribution in [0.2, 0.25) is 5.02 Å². The van der Waals surface area contributed by atoms with Crippen molar-refractivity contribution in [2.45, 2.75) is 0 Å². The Morgan fingerprint density at radius 2 is 2.07 bits per heavy atom. The third kappa shape index (κ3) is 3.94. The van der Waals surface area contributed by atoms with E-state index in [1.165, 1.54) is 25.3 Å². The predicted molar refractivity (Wildman–Crippen MR) is 52.6 cm³/mol. The van der Waals surface area contributed by atoms with Crippen molar-refractivity contribution < 1.29 is 57.3 Å². The number of ether oxygens (including phenoxy) is 1. The quantitative estimate of drug-likeness (QED) is 0.567. The molecule has 0 fully saturated rings. The molecule has 1 aromatic rings. The number of rotatable bonds is 2. The Balaban J connectivity index is 0.00000196. The number of benzene rings is 1. The van der Waals surface area contributed by atoms with Crippen LogP contribution in [0.15, 0.2) is 18.2 Å². The molecule has 0 saturated carbocycles. The zero-order chi connectivity index (χ0) is 10.7. The Hall–Kier alpha value is 0.225. The first-order valence-electron chi connectivity index (χ1n) is 3.80. The molecule has 15 heavy (non-hydrogen) atoms. The molecule has 0 aliphatic carbocycles. The van der Waals surface area contributed by atoms with E-state index in [1.54, 1.807) is 0 Å². The second-order valence-corrected chi connectivity index (χ2v) is 3.01. The van der Waals surface area contributed by atoms with E-state index in [9.17, 15) is 4.79 Å². The Kier molecular flexibility index (Phi) is 6.83. The summed E-state index contributed by atoms with van der Waals surface area (Å²) in [6.07, 6.45) is 0. The van der Waals surface area contributed by atoms with Crippen LogP contribution in [0, 0.1) is 37.7 Å². The van der Waals surface area contributed by atoms with Gasteiger partial charge in [0.15, 0.2) is 0 Å². The van der Waals surface area contributed by atoms with E-state index in [0.29, 0.717) is 0 Å². The summed E-state index contributed by atoms with van der Waals surface area (Å²) in [4.78, 5) is 11.0. The molecule has 0 spiro atoms. The van der Waals surface area contributed by atoms with Gasteiger partial charge in [0, 0.05) is 48.2 Å². The summed E-state index contributed by atoms with van der Waals surface area (Å²) < 4.78 is 4.47. The molecule has 0 atom stereocenters. The zero-order valence-corrected chi connectivity index (χ0v) is 9.21. The van der Waals surface area contributed by atoms with Crippen molar-refractivity contribution in [3.8, 4) is 0 Å². The van der Waals surface area contributed by atoms with E-state index < -0.39 is 13.1 Å². The monoisotopic (exact) mass is 254 g/mol. The van der Waals surface area contributed by atoms with Gasteiger partial charge in [-0.1, -0.05) is 17.7 Å². The Bertz CT molecular complexity index is 358. The van der Waals surface area contributed by atoms with Gasteiger partial charge in [0.25, 0.3) is 0 Å². The molecule has 2 N–H and O–H groups in total. The van der Waals surface area contributed by atoms with Gasteiger partial charge in [-0.15, -0.1) is 0 Å². The van der Waals surface area contributed by atoms with Crippen molar-refractivity contribution in [3.05, 3.63) is 28.8 Å². The molecule has 0 radical (unpaired) electrons. The van der Waals surface area contributed by atoms with Gasteiger partial charge in [-0.3, -0.25) is 0 Å². The topological polar surface area (TPSA) is 66.8 Å². The third-order valence-electron chi connectivity index (χ3n) is 1.70. The maximum Gasteiger partial charge on any atom is 0.489 e. The SMILES string of the molecule is COC(=O)c1ccc(B(O)O)c(Cl)c1.[Ar]. The van der Waals surface area contributed by atoms with Crippen LogP contribution in [0.3, 0.4) is 0 Å². The van der Waals surface area contributed by atoms with Gasteiger partial charge in [0.05, 0.1) is 12.7 Å². The normalized spacial score (nSPS) is 9.07. The number of hydrogen-bond donors (Lipinski definition) is 2. The van der Waals surface area contributed by atoms with Crippen LogP contribution in [-0.4, -0.2) is 30.2 Å². The smallest absolute Gasteiger partial charge is 0.465 e. The molecule has 0 heterocycles. The van der Waals surface area contributed by atoms with E-state index in [4.69, 9.17) is 21.6 Å². The molecule has 0 aliphatic rings. The molecular weight excluding hydrogens is 246 g/mol. The minimum absolute atomic E-state index is 0. The standard InChI is InChI=1S/C8H8BClO4.Ar/c1-14-8(11)5-2-3-6(9(12)13)7(10)4-5;/h2-4,12-13H,1H3;. The van der Waals surface area contributed by atoms with Crippen LogP contribution in [0.25, 0.3) is 0 Å². The van der Waals surface area contributed by atoms with E-state index in [0.717, 1.165) is 0 Å². The fourth-order valence-corrected chi connectivity index (χ4v) is 1.26.